The third kappa shape index (κ3) is 6.67. The Labute approximate surface area is 114 Å². The topological polar surface area (TPSA) is 59.6 Å². The molecule has 106 valence electrons. The van der Waals surface area contributed by atoms with E-state index in [1.807, 2.05) is 52.0 Å². The molecule has 1 rings (SSSR count). The summed E-state index contributed by atoms with van der Waals surface area (Å²) in [4.78, 5) is 11.4. The van der Waals surface area contributed by atoms with E-state index in [2.05, 4.69) is 10.9 Å². The van der Waals surface area contributed by atoms with Gasteiger partial charge in [-0.1, -0.05) is 12.1 Å². The van der Waals surface area contributed by atoms with Gasteiger partial charge in [-0.3, -0.25) is 5.43 Å². The summed E-state index contributed by atoms with van der Waals surface area (Å²) in [5, 5.41) is 0. The molecule has 19 heavy (non-hydrogen) atoms. The first-order valence-corrected chi connectivity index (χ1v) is 6.34. The summed E-state index contributed by atoms with van der Waals surface area (Å²) in [6.07, 6.45) is -0.488. The highest BCUT2D eigenvalue weighted by atomic mass is 16.6. The molecule has 0 saturated carbocycles. The lowest BCUT2D eigenvalue weighted by atomic mass is 10.2. The second-order valence-electron chi connectivity index (χ2n) is 5.06. The molecule has 0 spiro atoms. The monoisotopic (exact) mass is 266 g/mol. The summed E-state index contributed by atoms with van der Waals surface area (Å²) in [6.45, 7) is 8.57. The molecule has 0 radical (unpaired) electrons. The van der Waals surface area contributed by atoms with E-state index < -0.39 is 11.7 Å². The van der Waals surface area contributed by atoms with Gasteiger partial charge in [-0.2, -0.15) is 0 Å². The Balaban J connectivity index is 2.31. The molecule has 1 aromatic rings. The first-order valence-electron chi connectivity index (χ1n) is 6.34. The molecule has 0 aromatic heterocycles. The van der Waals surface area contributed by atoms with Gasteiger partial charge in [0.2, 0.25) is 0 Å². The Morgan fingerprint density at radius 3 is 2.37 bits per heavy atom. The van der Waals surface area contributed by atoms with Gasteiger partial charge < -0.3 is 9.47 Å². The molecule has 0 fully saturated rings. The van der Waals surface area contributed by atoms with E-state index in [9.17, 15) is 4.79 Å². The maximum absolute atomic E-state index is 11.4. The molecule has 0 aliphatic carbocycles. The molecular weight excluding hydrogens is 244 g/mol. The van der Waals surface area contributed by atoms with Crippen molar-refractivity contribution in [3.8, 4) is 5.75 Å². The summed E-state index contributed by atoms with van der Waals surface area (Å²) in [5.74, 6) is 0.839. The normalized spacial score (nSPS) is 10.9. The predicted molar refractivity (Wildman–Crippen MR) is 73.8 cm³/mol. The summed E-state index contributed by atoms with van der Waals surface area (Å²) < 4.78 is 10.4. The van der Waals surface area contributed by atoms with Crippen LogP contribution in [0.5, 0.6) is 5.75 Å². The van der Waals surface area contributed by atoms with Crippen LogP contribution in [0, 0.1) is 0 Å². The van der Waals surface area contributed by atoms with Crippen molar-refractivity contribution in [3.05, 3.63) is 29.8 Å². The molecule has 1 amide bonds. The van der Waals surface area contributed by atoms with Crippen molar-refractivity contribution in [1.29, 1.82) is 0 Å². The van der Waals surface area contributed by atoms with Gasteiger partial charge in [0.15, 0.2) is 0 Å². The van der Waals surface area contributed by atoms with Crippen LogP contribution in [0.1, 0.15) is 33.3 Å². The second kappa shape index (κ2) is 6.99. The quantitative estimate of drug-likeness (QED) is 0.804. The first-order chi connectivity index (χ1) is 8.90. The van der Waals surface area contributed by atoms with Crippen molar-refractivity contribution < 1.29 is 14.3 Å². The Bertz CT molecular complexity index is 396. The van der Waals surface area contributed by atoms with Crippen molar-refractivity contribution >= 4 is 6.09 Å². The number of nitrogens with one attached hydrogen (secondary N) is 2. The lowest BCUT2D eigenvalue weighted by Crippen LogP contribution is -2.40. The minimum Gasteiger partial charge on any atom is -0.494 e. The van der Waals surface area contributed by atoms with Crippen LogP contribution in [-0.4, -0.2) is 18.3 Å². The predicted octanol–water partition coefficient (Wildman–Crippen LogP) is 2.61. The summed E-state index contributed by atoms with van der Waals surface area (Å²) in [7, 11) is 0. The van der Waals surface area contributed by atoms with Gasteiger partial charge in [-0.15, -0.1) is 0 Å². The third-order valence-corrected chi connectivity index (χ3v) is 2.12. The highest BCUT2D eigenvalue weighted by molar-refractivity contribution is 5.66. The van der Waals surface area contributed by atoms with Crippen LogP contribution in [0.2, 0.25) is 0 Å². The van der Waals surface area contributed by atoms with E-state index in [0.29, 0.717) is 13.2 Å². The summed E-state index contributed by atoms with van der Waals surface area (Å²) in [5.41, 5.74) is 5.84. The number of carbonyl (C=O) groups is 1. The van der Waals surface area contributed by atoms with Gasteiger partial charge in [-0.05, 0) is 45.4 Å². The molecule has 5 heteroatoms. The Kier molecular flexibility index (Phi) is 5.63. The standard InChI is InChI=1S/C14H22N2O3/c1-5-18-12-8-6-11(7-9-12)10-15-16-13(17)19-14(2,3)4/h6-9,15H,5,10H2,1-4H3,(H,16,17). The SMILES string of the molecule is CCOc1ccc(CNNC(=O)OC(C)(C)C)cc1. The van der Waals surface area contributed by atoms with Crippen LogP contribution in [0.25, 0.3) is 0 Å². The minimum absolute atomic E-state index is 0.488. The molecule has 0 atom stereocenters. The fourth-order valence-electron chi connectivity index (χ4n) is 1.39. The van der Waals surface area contributed by atoms with Gasteiger partial charge >= 0.3 is 6.09 Å². The lowest BCUT2D eigenvalue weighted by Gasteiger charge is -2.19. The largest absolute Gasteiger partial charge is 0.494 e. The number of hydrogen-bond donors (Lipinski definition) is 2. The number of amides is 1. The molecule has 0 heterocycles. The average molecular weight is 266 g/mol. The van der Waals surface area contributed by atoms with Crippen LogP contribution in [0.4, 0.5) is 4.79 Å². The van der Waals surface area contributed by atoms with Gasteiger partial charge in [0.05, 0.1) is 6.61 Å². The van der Waals surface area contributed by atoms with Crippen LogP contribution < -0.4 is 15.6 Å². The minimum atomic E-state index is -0.495. The number of rotatable bonds is 5. The number of benzene rings is 1. The lowest BCUT2D eigenvalue weighted by molar-refractivity contribution is 0.0497. The number of hydrogen-bond acceptors (Lipinski definition) is 4. The maximum Gasteiger partial charge on any atom is 0.422 e. The van der Waals surface area contributed by atoms with Crippen LogP contribution in [0.3, 0.4) is 0 Å². The highest BCUT2D eigenvalue weighted by Crippen LogP contribution is 2.11. The van der Waals surface area contributed by atoms with Crippen molar-refractivity contribution in [2.24, 2.45) is 0 Å². The second-order valence-corrected chi connectivity index (χ2v) is 5.06. The fraction of sp³-hybridized carbons (Fsp3) is 0.500. The zero-order valence-electron chi connectivity index (χ0n) is 11.9. The third-order valence-electron chi connectivity index (χ3n) is 2.12. The molecule has 2 N–H and O–H groups in total. The molecule has 0 saturated heterocycles. The van der Waals surface area contributed by atoms with Gasteiger partial charge in [-0.25, -0.2) is 10.2 Å². The molecule has 0 unspecified atom stereocenters. The van der Waals surface area contributed by atoms with E-state index >= 15 is 0 Å². The Morgan fingerprint density at radius 2 is 1.84 bits per heavy atom. The number of ether oxygens (including phenoxy) is 2. The molecule has 5 nitrogen and oxygen atoms in total. The van der Waals surface area contributed by atoms with Crippen molar-refractivity contribution in [3.63, 3.8) is 0 Å². The summed E-state index contributed by atoms with van der Waals surface area (Å²) in [6, 6.07) is 7.67. The zero-order valence-corrected chi connectivity index (χ0v) is 11.9. The van der Waals surface area contributed by atoms with E-state index in [1.165, 1.54) is 0 Å². The molecule has 1 aromatic carbocycles. The van der Waals surface area contributed by atoms with E-state index in [-0.39, 0.29) is 0 Å². The zero-order chi connectivity index (χ0) is 14.3. The average Bonchev–Trinajstić information content (AvgIpc) is 2.29. The van der Waals surface area contributed by atoms with E-state index in [0.717, 1.165) is 11.3 Å². The van der Waals surface area contributed by atoms with Crippen LogP contribution in [-0.2, 0) is 11.3 Å². The van der Waals surface area contributed by atoms with Gasteiger partial charge in [0.1, 0.15) is 11.4 Å². The molecule has 0 bridgehead atoms. The maximum atomic E-state index is 11.4. The van der Waals surface area contributed by atoms with Crippen molar-refractivity contribution in [2.75, 3.05) is 6.61 Å². The first kappa shape index (κ1) is 15.3. The van der Waals surface area contributed by atoms with Gasteiger partial charge in [0, 0.05) is 6.54 Å². The van der Waals surface area contributed by atoms with Crippen molar-refractivity contribution in [2.45, 2.75) is 39.8 Å². The molecule has 0 aliphatic heterocycles. The van der Waals surface area contributed by atoms with E-state index in [4.69, 9.17) is 9.47 Å². The van der Waals surface area contributed by atoms with Crippen molar-refractivity contribution in [1.82, 2.24) is 10.9 Å². The Hall–Kier alpha value is -1.75. The Morgan fingerprint density at radius 1 is 1.21 bits per heavy atom. The smallest absolute Gasteiger partial charge is 0.422 e. The molecule has 0 aliphatic rings. The van der Waals surface area contributed by atoms with Crippen LogP contribution in [0.15, 0.2) is 24.3 Å². The fourth-order valence-corrected chi connectivity index (χ4v) is 1.39. The van der Waals surface area contributed by atoms with Gasteiger partial charge in [0.25, 0.3) is 0 Å². The molecular formula is C14H22N2O3. The van der Waals surface area contributed by atoms with Crippen LogP contribution >= 0.6 is 0 Å². The highest BCUT2D eigenvalue weighted by Gasteiger charge is 2.15. The van der Waals surface area contributed by atoms with E-state index in [1.54, 1.807) is 0 Å². The number of carbonyl (C=O) groups excluding carboxylic acids is 1. The number of hydrazine groups is 1. The summed E-state index contributed by atoms with van der Waals surface area (Å²) >= 11 is 0.